The van der Waals surface area contributed by atoms with Gasteiger partial charge in [0.25, 0.3) is 0 Å². The summed E-state index contributed by atoms with van der Waals surface area (Å²) in [5, 5.41) is 1.07. The van der Waals surface area contributed by atoms with E-state index in [1.54, 1.807) is 0 Å². The average molecular weight is 477 g/mol. The molecule has 0 saturated carbocycles. The molecule has 1 heterocycles. The first kappa shape index (κ1) is 19.4. The number of nitrogens with zero attached hydrogens (tertiary/aromatic N) is 2. The van der Waals surface area contributed by atoms with Crippen molar-refractivity contribution >= 4 is 26.8 Å². The molecular weight excluding hydrogens is 456 g/mol. The third kappa shape index (κ3) is 2.85. The molecular formula is C29H21BrN2. The lowest BCUT2D eigenvalue weighted by molar-refractivity contribution is 0.660. The van der Waals surface area contributed by atoms with Gasteiger partial charge in [-0.05, 0) is 40.5 Å². The summed E-state index contributed by atoms with van der Waals surface area (Å²) >= 11 is 3.66. The van der Waals surface area contributed by atoms with E-state index in [4.69, 9.17) is 9.97 Å². The van der Waals surface area contributed by atoms with Crippen LogP contribution < -0.4 is 0 Å². The van der Waals surface area contributed by atoms with Crippen LogP contribution in [0.15, 0.2) is 95.5 Å². The standard InChI is InChI=1S/C29H21BrN2/c1-29(2)23-13-8-12-22(26(23)20-16-15-19(30)17-24(20)29)28-31-25-14-7-6-11-21(25)27(32-28)18-9-4-3-5-10-18/h3-17H,1-2H3. The minimum atomic E-state index is -0.0798. The van der Waals surface area contributed by atoms with Crippen molar-refractivity contribution in [1.82, 2.24) is 9.97 Å². The molecule has 4 aromatic carbocycles. The Morgan fingerprint density at radius 2 is 1.47 bits per heavy atom. The third-order valence-corrected chi connectivity index (χ3v) is 7.05. The molecule has 1 aliphatic rings. The van der Waals surface area contributed by atoms with Crippen LogP contribution in [0, 0.1) is 0 Å². The number of aromatic nitrogens is 2. The SMILES string of the molecule is CC1(C)c2cc(Br)ccc2-c2c(-c3nc(-c4ccccc4)c4ccccc4n3)cccc21. The molecule has 154 valence electrons. The van der Waals surface area contributed by atoms with Crippen molar-refractivity contribution in [3.05, 3.63) is 107 Å². The van der Waals surface area contributed by atoms with Crippen molar-refractivity contribution in [2.24, 2.45) is 0 Å². The van der Waals surface area contributed by atoms with E-state index in [1.165, 1.54) is 22.3 Å². The van der Waals surface area contributed by atoms with Crippen LogP contribution in [-0.2, 0) is 5.41 Å². The van der Waals surface area contributed by atoms with Gasteiger partial charge in [0.1, 0.15) is 0 Å². The van der Waals surface area contributed by atoms with Gasteiger partial charge in [-0.25, -0.2) is 9.97 Å². The van der Waals surface area contributed by atoms with E-state index < -0.39 is 0 Å². The highest BCUT2D eigenvalue weighted by Gasteiger charge is 2.37. The fourth-order valence-electron chi connectivity index (χ4n) is 4.96. The summed E-state index contributed by atoms with van der Waals surface area (Å²) in [6.45, 7) is 4.59. The summed E-state index contributed by atoms with van der Waals surface area (Å²) in [5.74, 6) is 0.769. The van der Waals surface area contributed by atoms with Crippen LogP contribution in [0.5, 0.6) is 0 Å². The molecule has 0 fully saturated rings. The Morgan fingerprint density at radius 3 is 2.31 bits per heavy atom. The smallest absolute Gasteiger partial charge is 0.161 e. The molecule has 1 aromatic heterocycles. The van der Waals surface area contributed by atoms with Gasteiger partial charge in [0.2, 0.25) is 0 Å². The molecule has 6 rings (SSSR count). The second kappa shape index (κ2) is 7.11. The first-order chi connectivity index (χ1) is 15.5. The van der Waals surface area contributed by atoms with Crippen molar-refractivity contribution in [2.45, 2.75) is 19.3 Å². The number of hydrogen-bond acceptors (Lipinski definition) is 2. The Morgan fingerprint density at radius 1 is 0.688 bits per heavy atom. The summed E-state index contributed by atoms with van der Waals surface area (Å²) in [6, 6.07) is 31.8. The minimum Gasteiger partial charge on any atom is -0.228 e. The topological polar surface area (TPSA) is 25.8 Å². The fraction of sp³-hybridized carbons (Fsp3) is 0.103. The Labute approximate surface area is 196 Å². The zero-order valence-electron chi connectivity index (χ0n) is 17.9. The predicted octanol–water partition coefficient (Wildman–Crippen LogP) is 8.03. The van der Waals surface area contributed by atoms with Gasteiger partial charge >= 0.3 is 0 Å². The Kier molecular flexibility index (Phi) is 4.31. The van der Waals surface area contributed by atoms with Crippen LogP contribution in [0.2, 0.25) is 0 Å². The van der Waals surface area contributed by atoms with Crippen LogP contribution in [0.25, 0.3) is 44.7 Å². The van der Waals surface area contributed by atoms with Gasteiger partial charge in [-0.1, -0.05) is 103 Å². The molecule has 0 bridgehead atoms. The quantitative estimate of drug-likeness (QED) is 0.257. The zero-order chi connectivity index (χ0) is 21.9. The molecule has 2 nitrogen and oxygen atoms in total. The van der Waals surface area contributed by atoms with Crippen LogP contribution in [-0.4, -0.2) is 9.97 Å². The number of fused-ring (bicyclic) bond motifs is 4. The van der Waals surface area contributed by atoms with Crippen LogP contribution in [0.3, 0.4) is 0 Å². The van der Waals surface area contributed by atoms with E-state index >= 15 is 0 Å². The molecule has 0 N–H and O–H groups in total. The lowest BCUT2D eigenvalue weighted by Gasteiger charge is -2.21. The van der Waals surface area contributed by atoms with Gasteiger partial charge in [-0.3, -0.25) is 0 Å². The average Bonchev–Trinajstić information content (AvgIpc) is 3.05. The summed E-state index contributed by atoms with van der Waals surface area (Å²) in [6.07, 6.45) is 0. The molecule has 0 amide bonds. The molecule has 5 aromatic rings. The first-order valence-corrected chi connectivity index (χ1v) is 11.6. The van der Waals surface area contributed by atoms with Crippen LogP contribution in [0.4, 0.5) is 0 Å². The number of rotatable bonds is 2. The molecule has 0 spiro atoms. The maximum Gasteiger partial charge on any atom is 0.161 e. The molecule has 0 atom stereocenters. The lowest BCUT2D eigenvalue weighted by Crippen LogP contribution is -2.14. The summed E-state index contributed by atoms with van der Waals surface area (Å²) < 4.78 is 1.10. The highest BCUT2D eigenvalue weighted by Crippen LogP contribution is 2.52. The van der Waals surface area contributed by atoms with Crippen molar-refractivity contribution in [3.63, 3.8) is 0 Å². The van der Waals surface area contributed by atoms with E-state index in [9.17, 15) is 0 Å². The second-order valence-corrected chi connectivity index (χ2v) is 9.74. The van der Waals surface area contributed by atoms with Crippen molar-refractivity contribution in [3.8, 4) is 33.8 Å². The van der Waals surface area contributed by atoms with Gasteiger partial charge in [-0.15, -0.1) is 0 Å². The zero-order valence-corrected chi connectivity index (χ0v) is 19.5. The van der Waals surface area contributed by atoms with Gasteiger partial charge in [-0.2, -0.15) is 0 Å². The molecule has 1 aliphatic carbocycles. The molecule has 0 unspecified atom stereocenters. The first-order valence-electron chi connectivity index (χ1n) is 10.8. The van der Waals surface area contributed by atoms with E-state index in [0.717, 1.165) is 38.0 Å². The maximum atomic E-state index is 5.14. The summed E-state index contributed by atoms with van der Waals surface area (Å²) in [7, 11) is 0. The number of hydrogen-bond donors (Lipinski definition) is 0. The largest absolute Gasteiger partial charge is 0.228 e. The lowest BCUT2D eigenvalue weighted by atomic mass is 9.82. The van der Waals surface area contributed by atoms with Crippen molar-refractivity contribution in [2.75, 3.05) is 0 Å². The monoisotopic (exact) mass is 476 g/mol. The van der Waals surface area contributed by atoms with Crippen molar-refractivity contribution < 1.29 is 0 Å². The van der Waals surface area contributed by atoms with Crippen LogP contribution >= 0.6 is 15.9 Å². The summed E-state index contributed by atoms with van der Waals surface area (Å²) in [5.41, 5.74) is 9.20. The molecule has 32 heavy (non-hydrogen) atoms. The van der Waals surface area contributed by atoms with E-state index in [1.807, 2.05) is 12.1 Å². The fourth-order valence-corrected chi connectivity index (χ4v) is 5.32. The van der Waals surface area contributed by atoms with E-state index in [0.29, 0.717) is 0 Å². The molecule has 0 radical (unpaired) electrons. The number of para-hydroxylation sites is 1. The van der Waals surface area contributed by atoms with Gasteiger partial charge in [0.05, 0.1) is 11.2 Å². The van der Waals surface area contributed by atoms with Gasteiger partial charge in [0, 0.05) is 26.4 Å². The Bertz CT molecular complexity index is 1500. The minimum absolute atomic E-state index is 0.0798. The number of halogens is 1. The van der Waals surface area contributed by atoms with E-state index in [2.05, 4.69) is 109 Å². The van der Waals surface area contributed by atoms with Crippen molar-refractivity contribution in [1.29, 1.82) is 0 Å². The summed E-state index contributed by atoms with van der Waals surface area (Å²) in [4.78, 5) is 10.2. The third-order valence-electron chi connectivity index (χ3n) is 6.55. The Balaban J connectivity index is 1.67. The Hall–Kier alpha value is -3.30. The molecule has 3 heteroatoms. The normalized spacial score (nSPS) is 13.7. The molecule has 0 saturated heterocycles. The van der Waals surface area contributed by atoms with Crippen LogP contribution in [0.1, 0.15) is 25.0 Å². The van der Waals surface area contributed by atoms with Gasteiger partial charge < -0.3 is 0 Å². The highest BCUT2D eigenvalue weighted by molar-refractivity contribution is 9.10. The highest BCUT2D eigenvalue weighted by atomic mass is 79.9. The molecule has 0 aliphatic heterocycles. The predicted molar refractivity (Wildman–Crippen MR) is 136 cm³/mol. The number of benzene rings is 4. The van der Waals surface area contributed by atoms with Gasteiger partial charge in [0.15, 0.2) is 5.82 Å². The van der Waals surface area contributed by atoms with E-state index in [-0.39, 0.29) is 5.41 Å². The second-order valence-electron chi connectivity index (χ2n) is 8.82. The maximum absolute atomic E-state index is 5.14.